The molecule has 2 heterocycles. The molecule has 1 aliphatic heterocycles. The summed E-state index contributed by atoms with van der Waals surface area (Å²) in [6.45, 7) is 5.10. The molecule has 152 valence electrons. The Balaban J connectivity index is 2.03. The molecule has 1 aliphatic rings. The van der Waals surface area contributed by atoms with Crippen molar-refractivity contribution in [2.75, 3.05) is 13.2 Å². The molecule has 1 saturated heterocycles. The summed E-state index contributed by atoms with van der Waals surface area (Å²) in [5.41, 5.74) is 1.27. The maximum Gasteiger partial charge on any atom is 0.295 e. The second-order valence-electron chi connectivity index (χ2n) is 7.01. The molecule has 0 spiro atoms. The predicted molar refractivity (Wildman–Crippen MR) is 110 cm³/mol. The molecule has 1 aromatic heterocycles. The van der Waals surface area contributed by atoms with Gasteiger partial charge in [0.1, 0.15) is 11.5 Å². The molecule has 1 aromatic carbocycles. The largest absolute Gasteiger partial charge is 0.507 e. The molecule has 1 fully saturated rings. The Morgan fingerprint density at radius 2 is 1.90 bits per heavy atom. The lowest BCUT2D eigenvalue weighted by Gasteiger charge is -2.24. The van der Waals surface area contributed by atoms with Gasteiger partial charge in [-0.3, -0.25) is 14.6 Å². The number of amides is 1. The SMILES string of the molecule is CCCCN1C(=O)C(=O)/C(=C(\O)c2ccc(OCCC)cc2)C1c1cccnc1. The maximum atomic E-state index is 12.8. The van der Waals surface area contributed by atoms with Gasteiger partial charge in [0, 0.05) is 24.5 Å². The normalized spacial score (nSPS) is 18.3. The zero-order chi connectivity index (χ0) is 20.8. The number of carbonyl (C=O) groups excluding carboxylic acids is 2. The number of hydrogen-bond donors (Lipinski definition) is 1. The Bertz CT molecular complexity index is 891. The van der Waals surface area contributed by atoms with Crippen molar-refractivity contribution in [3.05, 3.63) is 65.5 Å². The summed E-state index contributed by atoms with van der Waals surface area (Å²) >= 11 is 0. The molecule has 1 N–H and O–H groups in total. The number of carbonyl (C=O) groups is 2. The highest BCUT2D eigenvalue weighted by atomic mass is 16.5. The molecule has 1 atom stereocenters. The summed E-state index contributed by atoms with van der Waals surface area (Å²) in [4.78, 5) is 31.2. The van der Waals surface area contributed by atoms with Crippen LogP contribution in [0.4, 0.5) is 0 Å². The van der Waals surface area contributed by atoms with Crippen LogP contribution in [0.15, 0.2) is 54.4 Å². The van der Waals surface area contributed by atoms with Crippen molar-refractivity contribution >= 4 is 17.4 Å². The minimum absolute atomic E-state index is 0.0985. The zero-order valence-corrected chi connectivity index (χ0v) is 16.8. The third kappa shape index (κ3) is 4.31. The van der Waals surface area contributed by atoms with Crippen LogP contribution in [-0.4, -0.2) is 39.8 Å². The van der Waals surface area contributed by atoms with Gasteiger partial charge in [-0.1, -0.05) is 26.3 Å². The Kier molecular flexibility index (Phi) is 6.65. The third-order valence-electron chi connectivity index (χ3n) is 4.89. The van der Waals surface area contributed by atoms with Gasteiger partial charge in [0.25, 0.3) is 11.7 Å². The van der Waals surface area contributed by atoms with Gasteiger partial charge in [-0.25, -0.2) is 0 Å². The number of unbranched alkanes of at least 4 members (excludes halogenated alkanes) is 1. The molecule has 2 aromatic rings. The van der Waals surface area contributed by atoms with Gasteiger partial charge in [0.05, 0.1) is 18.2 Å². The monoisotopic (exact) mass is 394 g/mol. The highest BCUT2D eigenvalue weighted by Gasteiger charge is 2.45. The van der Waals surface area contributed by atoms with E-state index in [-0.39, 0.29) is 11.3 Å². The first-order valence-electron chi connectivity index (χ1n) is 10.00. The summed E-state index contributed by atoms with van der Waals surface area (Å²) in [6.07, 6.45) is 5.82. The van der Waals surface area contributed by atoms with Crippen LogP contribution in [0.5, 0.6) is 5.75 Å². The minimum atomic E-state index is -0.668. The van der Waals surface area contributed by atoms with Crippen molar-refractivity contribution in [2.24, 2.45) is 0 Å². The Hall–Kier alpha value is -3.15. The fraction of sp³-hybridized carbons (Fsp3) is 0.348. The molecule has 1 amide bonds. The average Bonchev–Trinajstić information content (AvgIpc) is 3.01. The van der Waals surface area contributed by atoms with E-state index in [1.165, 1.54) is 4.90 Å². The lowest BCUT2D eigenvalue weighted by Crippen LogP contribution is -2.30. The molecule has 6 heteroatoms. The number of ether oxygens (including phenoxy) is 1. The predicted octanol–water partition coefficient (Wildman–Crippen LogP) is 4.09. The molecule has 0 saturated carbocycles. The molecule has 1 unspecified atom stereocenters. The summed E-state index contributed by atoms with van der Waals surface area (Å²) in [5, 5.41) is 11.0. The van der Waals surface area contributed by atoms with E-state index >= 15 is 0 Å². The number of rotatable bonds is 8. The van der Waals surface area contributed by atoms with E-state index in [0.29, 0.717) is 30.0 Å². The van der Waals surface area contributed by atoms with E-state index in [1.54, 1.807) is 42.7 Å². The van der Waals surface area contributed by atoms with E-state index in [4.69, 9.17) is 4.74 Å². The number of ketones is 1. The lowest BCUT2D eigenvalue weighted by atomic mass is 9.96. The van der Waals surface area contributed by atoms with Crippen LogP contribution < -0.4 is 4.74 Å². The zero-order valence-electron chi connectivity index (χ0n) is 16.8. The third-order valence-corrected chi connectivity index (χ3v) is 4.89. The van der Waals surface area contributed by atoms with E-state index in [2.05, 4.69) is 4.98 Å². The summed E-state index contributed by atoms with van der Waals surface area (Å²) < 4.78 is 5.57. The fourth-order valence-corrected chi connectivity index (χ4v) is 3.41. The smallest absolute Gasteiger partial charge is 0.295 e. The van der Waals surface area contributed by atoms with Crippen molar-refractivity contribution in [2.45, 2.75) is 39.2 Å². The van der Waals surface area contributed by atoms with Crippen LogP contribution in [0.2, 0.25) is 0 Å². The number of pyridine rings is 1. The van der Waals surface area contributed by atoms with Crippen LogP contribution in [-0.2, 0) is 9.59 Å². The second kappa shape index (κ2) is 9.37. The van der Waals surface area contributed by atoms with Crippen molar-refractivity contribution in [1.82, 2.24) is 9.88 Å². The van der Waals surface area contributed by atoms with Gasteiger partial charge >= 0.3 is 0 Å². The molecule has 6 nitrogen and oxygen atoms in total. The number of nitrogens with zero attached hydrogens (tertiary/aromatic N) is 2. The fourth-order valence-electron chi connectivity index (χ4n) is 3.41. The molecule has 3 rings (SSSR count). The van der Waals surface area contributed by atoms with Gasteiger partial charge in [-0.05, 0) is 48.7 Å². The van der Waals surface area contributed by atoms with E-state index in [1.807, 2.05) is 19.9 Å². The van der Waals surface area contributed by atoms with Gasteiger partial charge in [0.15, 0.2) is 0 Å². The topological polar surface area (TPSA) is 79.7 Å². The van der Waals surface area contributed by atoms with Crippen LogP contribution in [0.1, 0.15) is 50.3 Å². The summed E-state index contributed by atoms with van der Waals surface area (Å²) in [7, 11) is 0. The second-order valence-corrected chi connectivity index (χ2v) is 7.01. The number of aliphatic hydroxyl groups is 1. The summed E-state index contributed by atoms with van der Waals surface area (Å²) in [5.74, 6) is -0.746. The quantitative estimate of drug-likeness (QED) is 0.414. The van der Waals surface area contributed by atoms with Gasteiger partial charge in [0.2, 0.25) is 0 Å². The first-order valence-corrected chi connectivity index (χ1v) is 10.00. The Morgan fingerprint density at radius 3 is 2.52 bits per heavy atom. The Morgan fingerprint density at radius 1 is 1.14 bits per heavy atom. The van der Waals surface area contributed by atoms with Gasteiger partial charge in [-0.15, -0.1) is 0 Å². The molecular weight excluding hydrogens is 368 g/mol. The van der Waals surface area contributed by atoms with Crippen LogP contribution >= 0.6 is 0 Å². The van der Waals surface area contributed by atoms with Gasteiger partial charge < -0.3 is 14.7 Å². The number of aromatic nitrogens is 1. The van der Waals surface area contributed by atoms with Crippen LogP contribution in [0.3, 0.4) is 0 Å². The van der Waals surface area contributed by atoms with E-state index in [9.17, 15) is 14.7 Å². The maximum absolute atomic E-state index is 12.8. The first kappa shape index (κ1) is 20.6. The van der Waals surface area contributed by atoms with Crippen molar-refractivity contribution in [3.63, 3.8) is 0 Å². The molecule has 29 heavy (non-hydrogen) atoms. The van der Waals surface area contributed by atoms with Crippen LogP contribution in [0, 0.1) is 0 Å². The van der Waals surface area contributed by atoms with Crippen molar-refractivity contribution in [3.8, 4) is 5.75 Å². The minimum Gasteiger partial charge on any atom is -0.507 e. The first-order chi connectivity index (χ1) is 14.1. The molecule has 0 radical (unpaired) electrons. The number of aliphatic hydroxyl groups excluding tert-OH is 1. The highest BCUT2D eigenvalue weighted by molar-refractivity contribution is 6.46. The standard InChI is InChI=1S/C23H26N2O4/c1-3-5-13-25-20(17-7-6-12-24-15-17)19(22(27)23(25)28)21(26)16-8-10-18(11-9-16)29-14-4-2/h6-12,15,20,26H,3-5,13-14H2,1-2H3/b21-19-. The van der Waals surface area contributed by atoms with E-state index < -0.39 is 17.7 Å². The average molecular weight is 394 g/mol. The van der Waals surface area contributed by atoms with E-state index in [0.717, 1.165) is 19.3 Å². The summed E-state index contributed by atoms with van der Waals surface area (Å²) in [6, 6.07) is 9.81. The number of hydrogen-bond acceptors (Lipinski definition) is 5. The van der Waals surface area contributed by atoms with Crippen molar-refractivity contribution < 1.29 is 19.4 Å². The molecular formula is C23H26N2O4. The number of benzene rings is 1. The number of Topliss-reactive ketones (excluding diaryl/α,β-unsaturated/α-hetero) is 1. The van der Waals surface area contributed by atoms with Crippen LogP contribution in [0.25, 0.3) is 5.76 Å². The lowest BCUT2D eigenvalue weighted by molar-refractivity contribution is -0.139. The highest BCUT2D eigenvalue weighted by Crippen LogP contribution is 2.39. The molecule has 0 aliphatic carbocycles. The van der Waals surface area contributed by atoms with Crippen molar-refractivity contribution in [1.29, 1.82) is 0 Å². The molecule has 0 bridgehead atoms. The Labute approximate surface area is 170 Å². The number of likely N-dealkylation sites (tertiary alicyclic amines) is 1. The van der Waals surface area contributed by atoms with Gasteiger partial charge in [-0.2, -0.15) is 0 Å².